The fourth-order valence-electron chi connectivity index (χ4n) is 1.64. The van der Waals surface area contributed by atoms with Crippen LogP contribution in [0.4, 0.5) is 15.8 Å². The van der Waals surface area contributed by atoms with E-state index in [4.69, 9.17) is 5.73 Å². The van der Waals surface area contributed by atoms with Crippen LogP contribution >= 0.6 is 15.9 Å². The number of benzene rings is 2. The summed E-state index contributed by atoms with van der Waals surface area (Å²) < 4.78 is 26.3. The molecule has 0 bridgehead atoms. The monoisotopic (exact) mass is 370 g/mol. The number of anilines is 2. The first-order chi connectivity index (χ1) is 9.95. The van der Waals surface area contributed by atoms with Gasteiger partial charge < -0.3 is 11.1 Å². The van der Waals surface area contributed by atoms with Gasteiger partial charge in [-0.25, -0.2) is 4.39 Å². The molecule has 21 heavy (non-hydrogen) atoms. The molecule has 0 aliphatic rings. The number of carbonyl (C=O) groups excluding carboxylic acids is 1. The van der Waals surface area contributed by atoms with E-state index in [1.54, 1.807) is 24.3 Å². The Morgan fingerprint density at radius 1 is 1.29 bits per heavy atom. The molecule has 0 aliphatic carbocycles. The molecule has 1 unspecified atom stereocenters. The summed E-state index contributed by atoms with van der Waals surface area (Å²) in [5.74, 6) is -1.39. The molecule has 0 saturated carbocycles. The van der Waals surface area contributed by atoms with Crippen LogP contribution in [0.2, 0.25) is 0 Å². The van der Waals surface area contributed by atoms with Crippen molar-refractivity contribution in [3.63, 3.8) is 0 Å². The zero-order chi connectivity index (χ0) is 15.4. The molecule has 0 aromatic heterocycles. The zero-order valence-corrected chi connectivity index (χ0v) is 13.2. The lowest BCUT2D eigenvalue weighted by atomic mass is 10.2. The molecular weight excluding hydrogens is 359 g/mol. The van der Waals surface area contributed by atoms with Gasteiger partial charge in [-0.05, 0) is 36.4 Å². The van der Waals surface area contributed by atoms with E-state index < -0.39 is 22.5 Å². The molecule has 0 spiro atoms. The fourth-order valence-corrected chi connectivity index (χ4v) is 3.15. The Morgan fingerprint density at radius 3 is 2.76 bits per heavy atom. The van der Waals surface area contributed by atoms with Crippen molar-refractivity contribution in [3.05, 3.63) is 52.8 Å². The lowest BCUT2D eigenvalue weighted by molar-refractivity contribution is -0.113. The Labute approximate surface area is 132 Å². The standard InChI is InChI=1S/C14H12BrFN2O2S/c15-9-2-1-3-11(6-9)21(20)8-14(19)18-13-7-10(17)4-5-12(13)16/h1-7H,8,17H2,(H,18,19). The maximum Gasteiger partial charge on any atom is 0.237 e. The molecule has 0 heterocycles. The van der Waals surface area contributed by atoms with E-state index in [1.807, 2.05) is 0 Å². The van der Waals surface area contributed by atoms with Gasteiger partial charge in [0, 0.05) is 15.1 Å². The van der Waals surface area contributed by atoms with Crippen molar-refractivity contribution in [3.8, 4) is 0 Å². The Hall–Kier alpha value is -1.73. The molecule has 0 aliphatic heterocycles. The van der Waals surface area contributed by atoms with Crippen LogP contribution in [0.5, 0.6) is 0 Å². The third kappa shape index (κ3) is 4.37. The number of nitrogen functional groups attached to an aromatic ring is 1. The smallest absolute Gasteiger partial charge is 0.237 e. The van der Waals surface area contributed by atoms with Crippen LogP contribution in [-0.4, -0.2) is 15.9 Å². The number of hydrogen-bond acceptors (Lipinski definition) is 3. The van der Waals surface area contributed by atoms with Crippen LogP contribution in [0.15, 0.2) is 51.8 Å². The van der Waals surface area contributed by atoms with E-state index in [2.05, 4.69) is 21.2 Å². The number of nitrogens with one attached hydrogen (secondary N) is 1. The van der Waals surface area contributed by atoms with E-state index >= 15 is 0 Å². The van der Waals surface area contributed by atoms with E-state index in [-0.39, 0.29) is 11.4 Å². The minimum Gasteiger partial charge on any atom is -0.399 e. The maximum absolute atomic E-state index is 13.5. The van der Waals surface area contributed by atoms with Crippen molar-refractivity contribution in [2.45, 2.75) is 4.90 Å². The average molecular weight is 371 g/mol. The lowest BCUT2D eigenvalue weighted by Crippen LogP contribution is -2.20. The van der Waals surface area contributed by atoms with Gasteiger partial charge in [-0.1, -0.05) is 22.0 Å². The number of nitrogens with two attached hydrogens (primary N) is 1. The Morgan fingerprint density at radius 2 is 2.05 bits per heavy atom. The summed E-state index contributed by atoms with van der Waals surface area (Å²) >= 11 is 3.27. The SMILES string of the molecule is Nc1ccc(F)c(NC(=O)CS(=O)c2cccc(Br)c2)c1. The summed E-state index contributed by atoms with van der Waals surface area (Å²) in [6.07, 6.45) is 0. The highest BCUT2D eigenvalue weighted by Crippen LogP contribution is 2.18. The first kappa shape index (κ1) is 15.7. The summed E-state index contributed by atoms with van der Waals surface area (Å²) in [7, 11) is -1.51. The van der Waals surface area contributed by atoms with Crippen molar-refractivity contribution < 1.29 is 13.4 Å². The summed E-state index contributed by atoms with van der Waals surface area (Å²) in [6, 6.07) is 10.7. The van der Waals surface area contributed by atoms with Gasteiger partial charge in [-0.3, -0.25) is 9.00 Å². The molecule has 7 heteroatoms. The van der Waals surface area contributed by atoms with E-state index in [0.717, 1.165) is 10.5 Å². The van der Waals surface area contributed by atoms with Crippen molar-refractivity contribution in [2.75, 3.05) is 16.8 Å². The van der Waals surface area contributed by atoms with Crippen LogP contribution in [0.25, 0.3) is 0 Å². The van der Waals surface area contributed by atoms with Crippen LogP contribution in [0.3, 0.4) is 0 Å². The topological polar surface area (TPSA) is 72.2 Å². The number of amides is 1. The maximum atomic E-state index is 13.5. The molecule has 0 saturated heterocycles. The van der Waals surface area contributed by atoms with Gasteiger partial charge in [0.05, 0.1) is 16.5 Å². The summed E-state index contributed by atoms with van der Waals surface area (Å²) in [6.45, 7) is 0. The van der Waals surface area contributed by atoms with Crippen LogP contribution in [-0.2, 0) is 15.6 Å². The molecule has 4 nitrogen and oxygen atoms in total. The van der Waals surface area contributed by atoms with Crippen LogP contribution in [0, 0.1) is 5.82 Å². The van der Waals surface area contributed by atoms with Gasteiger partial charge in [0.2, 0.25) is 5.91 Å². The van der Waals surface area contributed by atoms with Crippen molar-refractivity contribution in [2.24, 2.45) is 0 Å². The molecule has 2 rings (SSSR count). The first-order valence-electron chi connectivity index (χ1n) is 5.94. The highest BCUT2D eigenvalue weighted by atomic mass is 79.9. The minimum absolute atomic E-state index is 0.0220. The van der Waals surface area contributed by atoms with Crippen LogP contribution in [0.1, 0.15) is 0 Å². The van der Waals surface area contributed by atoms with E-state index in [9.17, 15) is 13.4 Å². The number of carbonyl (C=O) groups is 1. The number of hydrogen-bond donors (Lipinski definition) is 2. The van der Waals surface area contributed by atoms with Gasteiger partial charge >= 0.3 is 0 Å². The summed E-state index contributed by atoms with van der Waals surface area (Å²) in [5.41, 5.74) is 5.84. The molecule has 0 fully saturated rings. The van der Waals surface area contributed by atoms with Crippen molar-refractivity contribution >= 4 is 44.0 Å². The minimum atomic E-state index is -1.51. The van der Waals surface area contributed by atoms with Crippen LogP contribution < -0.4 is 11.1 Å². The van der Waals surface area contributed by atoms with Gasteiger partial charge in [0.15, 0.2) is 0 Å². The second kappa shape index (κ2) is 6.82. The molecule has 110 valence electrons. The van der Waals surface area contributed by atoms with Gasteiger partial charge in [-0.15, -0.1) is 0 Å². The average Bonchev–Trinajstić information content (AvgIpc) is 2.42. The first-order valence-corrected chi connectivity index (χ1v) is 8.06. The molecule has 2 aromatic carbocycles. The third-order valence-electron chi connectivity index (χ3n) is 2.59. The summed E-state index contributed by atoms with van der Waals surface area (Å²) in [4.78, 5) is 12.3. The van der Waals surface area contributed by atoms with Gasteiger partial charge in [-0.2, -0.15) is 0 Å². The number of rotatable bonds is 4. The molecule has 1 atom stereocenters. The predicted octanol–water partition coefficient (Wildman–Crippen LogP) is 2.92. The normalized spacial score (nSPS) is 11.9. The van der Waals surface area contributed by atoms with Crippen molar-refractivity contribution in [1.29, 1.82) is 0 Å². The number of halogens is 2. The largest absolute Gasteiger partial charge is 0.399 e. The second-order valence-corrected chi connectivity index (χ2v) is 6.60. The summed E-state index contributed by atoms with van der Waals surface area (Å²) in [5, 5.41) is 2.37. The van der Waals surface area contributed by atoms with Gasteiger partial charge in [0.25, 0.3) is 0 Å². The predicted molar refractivity (Wildman–Crippen MR) is 84.9 cm³/mol. The fraction of sp³-hybridized carbons (Fsp3) is 0.0714. The van der Waals surface area contributed by atoms with E-state index in [1.165, 1.54) is 12.1 Å². The molecule has 0 radical (unpaired) electrons. The quantitative estimate of drug-likeness (QED) is 0.812. The van der Waals surface area contributed by atoms with Crippen molar-refractivity contribution in [1.82, 2.24) is 0 Å². The van der Waals surface area contributed by atoms with E-state index in [0.29, 0.717) is 10.6 Å². The Balaban J connectivity index is 2.05. The highest BCUT2D eigenvalue weighted by molar-refractivity contribution is 9.10. The Bertz CT molecular complexity index is 709. The van der Waals surface area contributed by atoms with Gasteiger partial charge in [0.1, 0.15) is 11.6 Å². The highest BCUT2D eigenvalue weighted by Gasteiger charge is 2.13. The molecule has 3 N–H and O–H groups in total. The molecule has 2 aromatic rings. The zero-order valence-electron chi connectivity index (χ0n) is 10.8. The molecule has 1 amide bonds. The molecular formula is C14H12BrFN2O2S. The Kier molecular flexibility index (Phi) is 5.08. The second-order valence-electron chi connectivity index (χ2n) is 4.23. The third-order valence-corrected chi connectivity index (χ3v) is 4.38. The lowest BCUT2D eigenvalue weighted by Gasteiger charge is -2.07.